The maximum absolute atomic E-state index is 12.8. The number of ether oxygens (including phenoxy) is 1. The van der Waals surface area contributed by atoms with Crippen molar-refractivity contribution in [3.05, 3.63) is 59.7 Å². The van der Waals surface area contributed by atoms with E-state index in [1.807, 2.05) is 57.2 Å². The summed E-state index contributed by atoms with van der Waals surface area (Å²) in [5, 5.41) is 11.8. The average molecular weight is 387 g/mol. The third-order valence-corrected chi connectivity index (χ3v) is 4.73. The fourth-order valence-electron chi connectivity index (χ4n) is 2.40. The minimum atomic E-state index is -1.05. The van der Waals surface area contributed by atoms with Crippen LogP contribution in [0.3, 0.4) is 0 Å². The van der Waals surface area contributed by atoms with E-state index >= 15 is 0 Å². The normalized spacial score (nSPS) is 16.1. The fraction of sp³-hybridized carbons (Fsp3) is 0.409. The van der Waals surface area contributed by atoms with Crippen molar-refractivity contribution >= 4 is 17.8 Å². The molecule has 1 aromatic carbocycles. The van der Waals surface area contributed by atoms with E-state index in [2.05, 4.69) is 5.32 Å². The van der Waals surface area contributed by atoms with Gasteiger partial charge in [-0.25, -0.2) is 4.79 Å². The van der Waals surface area contributed by atoms with Crippen molar-refractivity contribution in [2.24, 2.45) is 5.92 Å². The first-order valence-corrected chi connectivity index (χ1v) is 9.27. The average Bonchev–Trinajstić information content (AvgIpc) is 2.69. The Hall–Kier alpha value is -2.89. The van der Waals surface area contributed by atoms with Crippen molar-refractivity contribution in [2.75, 3.05) is 0 Å². The highest BCUT2D eigenvalue weighted by atomic mass is 16.5. The molecular weight excluding hydrogens is 358 g/mol. The summed E-state index contributed by atoms with van der Waals surface area (Å²) in [4.78, 5) is 36.2. The van der Waals surface area contributed by atoms with Gasteiger partial charge in [-0.2, -0.15) is 0 Å². The quantitative estimate of drug-likeness (QED) is 0.385. The Balaban J connectivity index is 3.03. The molecular formula is C22H29NO5. The number of esters is 1. The van der Waals surface area contributed by atoms with Crippen LogP contribution < -0.4 is 5.32 Å². The van der Waals surface area contributed by atoms with Crippen LogP contribution in [0.5, 0.6) is 0 Å². The molecule has 6 heteroatoms. The van der Waals surface area contributed by atoms with Crippen LogP contribution in [0.1, 0.15) is 46.1 Å². The van der Waals surface area contributed by atoms with Gasteiger partial charge in [-0.05, 0) is 33.3 Å². The molecule has 0 saturated carbocycles. The van der Waals surface area contributed by atoms with E-state index in [9.17, 15) is 14.4 Å². The first kappa shape index (κ1) is 23.1. The highest BCUT2D eigenvalue weighted by molar-refractivity contribution is 5.92. The van der Waals surface area contributed by atoms with Crippen molar-refractivity contribution in [1.29, 1.82) is 0 Å². The van der Waals surface area contributed by atoms with Crippen LogP contribution in [0.25, 0.3) is 0 Å². The highest BCUT2D eigenvalue weighted by Gasteiger charge is 2.32. The van der Waals surface area contributed by atoms with Gasteiger partial charge in [0.25, 0.3) is 0 Å². The highest BCUT2D eigenvalue weighted by Crippen LogP contribution is 2.21. The van der Waals surface area contributed by atoms with Gasteiger partial charge in [-0.1, -0.05) is 55.0 Å². The van der Waals surface area contributed by atoms with Crippen LogP contribution in [-0.4, -0.2) is 35.1 Å². The standard InChI is InChI=1S/C22H29NO5/c1-6-14(2)12-13-19(24)23-20(16(4)18-10-8-7-9-11-18)22(27)28-17(5)15(3)21(25)26/h6-13,15-17,20H,1-5H3,(H,23,24)(H,25,26)/b13-12+,14-6-/t15-,16-,17-,20+/m1/s1. The molecule has 0 radical (unpaired) electrons. The van der Waals surface area contributed by atoms with Gasteiger partial charge in [0.1, 0.15) is 12.1 Å². The zero-order chi connectivity index (χ0) is 21.3. The van der Waals surface area contributed by atoms with E-state index in [-0.39, 0.29) is 5.92 Å². The van der Waals surface area contributed by atoms with Gasteiger partial charge in [0.15, 0.2) is 0 Å². The van der Waals surface area contributed by atoms with Crippen molar-refractivity contribution < 1.29 is 24.2 Å². The molecule has 6 nitrogen and oxygen atoms in total. The molecule has 0 aliphatic rings. The Morgan fingerprint density at radius 1 is 1.07 bits per heavy atom. The molecule has 0 fully saturated rings. The van der Waals surface area contributed by atoms with E-state index in [0.717, 1.165) is 11.1 Å². The summed E-state index contributed by atoms with van der Waals surface area (Å²) < 4.78 is 5.36. The lowest BCUT2D eigenvalue weighted by atomic mass is 9.93. The smallest absolute Gasteiger partial charge is 0.329 e. The zero-order valence-corrected chi connectivity index (χ0v) is 17.0. The number of rotatable bonds is 9. The third-order valence-electron chi connectivity index (χ3n) is 4.73. The second-order valence-corrected chi connectivity index (χ2v) is 6.82. The topological polar surface area (TPSA) is 92.7 Å². The lowest BCUT2D eigenvalue weighted by Gasteiger charge is -2.26. The summed E-state index contributed by atoms with van der Waals surface area (Å²) in [5.41, 5.74) is 1.77. The predicted octanol–water partition coefficient (Wildman–Crippen LogP) is 3.45. The van der Waals surface area contributed by atoms with Crippen LogP contribution in [0.15, 0.2) is 54.1 Å². The lowest BCUT2D eigenvalue weighted by molar-refractivity contribution is -0.159. The summed E-state index contributed by atoms with van der Waals surface area (Å²) in [7, 11) is 0. The molecule has 0 bridgehead atoms. The van der Waals surface area contributed by atoms with E-state index in [1.54, 1.807) is 6.08 Å². The Morgan fingerprint density at radius 2 is 1.68 bits per heavy atom. The van der Waals surface area contributed by atoms with Gasteiger partial charge >= 0.3 is 11.9 Å². The lowest BCUT2D eigenvalue weighted by Crippen LogP contribution is -2.46. The number of carboxylic acids is 1. The molecule has 4 atom stereocenters. The summed E-state index contributed by atoms with van der Waals surface area (Å²) in [6.45, 7) is 8.53. The van der Waals surface area contributed by atoms with E-state index in [1.165, 1.54) is 19.9 Å². The minimum Gasteiger partial charge on any atom is -0.481 e. The fourth-order valence-corrected chi connectivity index (χ4v) is 2.40. The molecule has 1 rings (SSSR count). The van der Waals surface area contributed by atoms with Gasteiger partial charge in [0.2, 0.25) is 5.91 Å². The molecule has 0 aromatic heterocycles. The molecule has 0 aliphatic carbocycles. The molecule has 152 valence electrons. The molecule has 0 heterocycles. The van der Waals surface area contributed by atoms with Gasteiger partial charge < -0.3 is 15.2 Å². The largest absolute Gasteiger partial charge is 0.481 e. The Kier molecular flexibility index (Phi) is 9.15. The molecule has 1 aromatic rings. The summed E-state index contributed by atoms with van der Waals surface area (Å²) in [5.74, 6) is -3.36. The van der Waals surface area contributed by atoms with Crippen molar-refractivity contribution in [3.63, 3.8) is 0 Å². The molecule has 2 N–H and O–H groups in total. The van der Waals surface area contributed by atoms with Crippen molar-refractivity contribution in [1.82, 2.24) is 5.32 Å². The van der Waals surface area contributed by atoms with Crippen LogP contribution in [0.2, 0.25) is 0 Å². The summed E-state index contributed by atoms with van der Waals surface area (Å²) >= 11 is 0. The second kappa shape index (κ2) is 11.1. The van der Waals surface area contributed by atoms with Crippen molar-refractivity contribution in [3.8, 4) is 0 Å². The second-order valence-electron chi connectivity index (χ2n) is 6.82. The molecule has 0 saturated heterocycles. The Labute approximate surface area is 166 Å². The number of aliphatic carboxylic acids is 1. The van der Waals surface area contributed by atoms with E-state index in [0.29, 0.717) is 0 Å². The summed E-state index contributed by atoms with van der Waals surface area (Å²) in [6.07, 6.45) is 4.04. The van der Waals surface area contributed by atoms with Gasteiger partial charge in [0, 0.05) is 12.0 Å². The van der Waals surface area contributed by atoms with E-state index in [4.69, 9.17) is 9.84 Å². The van der Waals surface area contributed by atoms with Crippen LogP contribution in [-0.2, 0) is 19.1 Å². The maximum atomic E-state index is 12.8. The van der Waals surface area contributed by atoms with Gasteiger partial charge in [0.05, 0.1) is 5.92 Å². The number of carbonyl (C=O) groups excluding carboxylic acids is 2. The molecule has 1 amide bonds. The first-order valence-electron chi connectivity index (χ1n) is 9.27. The number of amides is 1. The molecule has 0 aliphatic heterocycles. The Bertz CT molecular complexity index is 739. The van der Waals surface area contributed by atoms with Gasteiger partial charge in [-0.3, -0.25) is 9.59 Å². The number of carbonyl (C=O) groups is 3. The van der Waals surface area contributed by atoms with Gasteiger partial charge in [-0.15, -0.1) is 0 Å². The number of carboxylic acid groups (broad SMARTS) is 1. The van der Waals surface area contributed by atoms with Crippen molar-refractivity contribution in [2.45, 2.75) is 52.7 Å². The number of allylic oxidation sites excluding steroid dienone is 3. The van der Waals surface area contributed by atoms with Crippen LogP contribution in [0, 0.1) is 5.92 Å². The number of nitrogens with one attached hydrogen (secondary N) is 1. The van der Waals surface area contributed by atoms with E-state index < -0.39 is 35.9 Å². The minimum absolute atomic E-state index is 0.360. The third kappa shape index (κ3) is 7.02. The van der Waals surface area contributed by atoms with Crippen LogP contribution in [0.4, 0.5) is 0 Å². The number of hydrogen-bond acceptors (Lipinski definition) is 4. The monoisotopic (exact) mass is 387 g/mol. The maximum Gasteiger partial charge on any atom is 0.329 e. The number of hydrogen-bond donors (Lipinski definition) is 2. The SMILES string of the molecule is C/C=C(C)\C=C\C(=O)N[C@H](C(=O)O[C@H](C)[C@@H](C)C(=O)O)[C@H](C)c1ccccc1. The predicted molar refractivity (Wildman–Crippen MR) is 108 cm³/mol. The Morgan fingerprint density at radius 3 is 2.21 bits per heavy atom. The molecule has 28 heavy (non-hydrogen) atoms. The zero-order valence-electron chi connectivity index (χ0n) is 17.0. The number of benzene rings is 1. The first-order chi connectivity index (χ1) is 13.2. The molecule has 0 unspecified atom stereocenters. The molecule has 0 spiro atoms. The van der Waals surface area contributed by atoms with Crippen LogP contribution >= 0.6 is 0 Å². The summed E-state index contributed by atoms with van der Waals surface area (Å²) in [6, 6.07) is 8.33.